The normalized spacial score (nSPS) is 18.5. The standard InChI is InChI=1S/C18H24N4O2S2.ClH/c1-22(11-5-7-19-9-11)15(23)6-8-25-10-14-20-17(24)16-12-3-2-4-13(12)26-18(16)21-14;/h11,19H,2-10H2,1H3,(H,20,21,24);1H. The Kier molecular flexibility index (Phi) is 6.83. The van der Waals surface area contributed by atoms with E-state index in [-0.39, 0.29) is 23.9 Å². The van der Waals surface area contributed by atoms with Crippen molar-refractivity contribution >= 4 is 51.6 Å². The number of nitrogens with zero attached hydrogens (tertiary/aromatic N) is 2. The third-order valence-electron chi connectivity index (χ3n) is 5.30. The van der Waals surface area contributed by atoms with Crippen LogP contribution in [0.2, 0.25) is 0 Å². The average Bonchev–Trinajstić information content (AvgIpc) is 3.34. The Bertz CT molecular complexity index is 876. The van der Waals surface area contributed by atoms with Gasteiger partial charge < -0.3 is 15.2 Å². The number of aromatic amines is 1. The van der Waals surface area contributed by atoms with Crippen molar-refractivity contribution in [2.45, 2.75) is 43.9 Å². The maximum atomic E-state index is 12.4. The molecule has 2 aromatic heterocycles. The predicted octanol–water partition coefficient (Wildman–Crippen LogP) is 2.34. The fourth-order valence-electron chi connectivity index (χ4n) is 3.79. The molecule has 0 radical (unpaired) electrons. The summed E-state index contributed by atoms with van der Waals surface area (Å²) in [4.78, 5) is 36.4. The first-order valence-electron chi connectivity index (χ1n) is 9.21. The molecule has 1 atom stereocenters. The van der Waals surface area contributed by atoms with Gasteiger partial charge in [0.15, 0.2) is 0 Å². The number of hydrogen-bond donors (Lipinski definition) is 2. The van der Waals surface area contributed by atoms with Crippen LogP contribution in [0, 0.1) is 0 Å². The molecule has 1 aliphatic carbocycles. The van der Waals surface area contributed by atoms with E-state index in [1.807, 2.05) is 11.9 Å². The molecule has 2 N–H and O–H groups in total. The summed E-state index contributed by atoms with van der Waals surface area (Å²) >= 11 is 3.32. The largest absolute Gasteiger partial charge is 0.341 e. The number of rotatable bonds is 6. The van der Waals surface area contributed by atoms with Gasteiger partial charge in [0, 0.05) is 36.7 Å². The van der Waals surface area contributed by atoms with Gasteiger partial charge in [-0.3, -0.25) is 9.59 Å². The molecule has 1 fully saturated rings. The molecule has 148 valence electrons. The summed E-state index contributed by atoms with van der Waals surface area (Å²) in [6.45, 7) is 1.88. The van der Waals surface area contributed by atoms with Crippen LogP contribution in [0.25, 0.3) is 10.2 Å². The zero-order chi connectivity index (χ0) is 18.1. The number of hydrogen-bond acceptors (Lipinski definition) is 6. The van der Waals surface area contributed by atoms with Crippen LogP contribution in [0.15, 0.2) is 4.79 Å². The third-order valence-corrected chi connectivity index (χ3v) is 7.45. The van der Waals surface area contributed by atoms with Gasteiger partial charge in [0.1, 0.15) is 10.7 Å². The highest BCUT2D eigenvalue weighted by atomic mass is 35.5. The number of carbonyl (C=O) groups excluding carboxylic acids is 1. The van der Waals surface area contributed by atoms with Crippen LogP contribution in [0.3, 0.4) is 0 Å². The fourth-order valence-corrected chi connectivity index (χ4v) is 5.87. The molecule has 2 aliphatic rings. The number of likely N-dealkylation sites (N-methyl/N-ethyl adjacent to an activating group) is 1. The number of aromatic nitrogens is 2. The molecule has 0 aromatic carbocycles. The van der Waals surface area contributed by atoms with Crippen LogP contribution in [0.4, 0.5) is 0 Å². The lowest BCUT2D eigenvalue weighted by atomic mass is 10.2. The van der Waals surface area contributed by atoms with Crippen LogP contribution < -0.4 is 10.9 Å². The molecule has 0 saturated carbocycles. The van der Waals surface area contributed by atoms with Crippen molar-refractivity contribution in [2.24, 2.45) is 0 Å². The predicted molar refractivity (Wildman–Crippen MR) is 114 cm³/mol. The second-order valence-electron chi connectivity index (χ2n) is 7.00. The Balaban J connectivity index is 0.00000210. The van der Waals surface area contributed by atoms with Gasteiger partial charge in [0.2, 0.25) is 5.91 Å². The Labute approximate surface area is 172 Å². The van der Waals surface area contributed by atoms with Crippen molar-refractivity contribution in [3.05, 3.63) is 26.6 Å². The minimum Gasteiger partial charge on any atom is -0.341 e. The van der Waals surface area contributed by atoms with E-state index >= 15 is 0 Å². The lowest BCUT2D eigenvalue weighted by molar-refractivity contribution is -0.131. The van der Waals surface area contributed by atoms with Crippen molar-refractivity contribution in [1.29, 1.82) is 0 Å². The molecule has 6 nitrogen and oxygen atoms in total. The summed E-state index contributed by atoms with van der Waals surface area (Å²) in [5, 5.41) is 4.09. The topological polar surface area (TPSA) is 78.1 Å². The van der Waals surface area contributed by atoms with Crippen molar-refractivity contribution < 1.29 is 4.79 Å². The molecule has 3 heterocycles. The first-order valence-corrected chi connectivity index (χ1v) is 11.2. The molecule has 2 aromatic rings. The van der Waals surface area contributed by atoms with Gasteiger partial charge in [-0.2, -0.15) is 11.8 Å². The van der Waals surface area contributed by atoms with Crippen molar-refractivity contribution in [2.75, 3.05) is 25.9 Å². The van der Waals surface area contributed by atoms with Crippen molar-refractivity contribution in [3.63, 3.8) is 0 Å². The summed E-state index contributed by atoms with van der Waals surface area (Å²) < 4.78 is 0. The molecule has 0 bridgehead atoms. The maximum Gasteiger partial charge on any atom is 0.259 e. The van der Waals surface area contributed by atoms with Gasteiger partial charge >= 0.3 is 0 Å². The fraction of sp³-hybridized carbons (Fsp3) is 0.611. The zero-order valence-corrected chi connectivity index (χ0v) is 17.8. The highest BCUT2D eigenvalue weighted by molar-refractivity contribution is 7.98. The number of amides is 1. The lowest BCUT2D eigenvalue weighted by Gasteiger charge is -2.23. The summed E-state index contributed by atoms with van der Waals surface area (Å²) in [6, 6.07) is 0.328. The second kappa shape index (κ2) is 8.94. The molecular formula is C18H25ClN4O2S2. The number of thiophene rings is 1. The first kappa shape index (κ1) is 20.6. The van der Waals surface area contributed by atoms with Gasteiger partial charge in [-0.1, -0.05) is 0 Å². The number of halogens is 1. The van der Waals surface area contributed by atoms with Crippen molar-refractivity contribution in [1.82, 2.24) is 20.2 Å². The van der Waals surface area contributed by atoms with Crippen LogP contribution in [0.1, 0.15) is 35.5 Å². The van der Waals surface area contributed by atoms with E-state index in [9.17, 15) is 9.59 Å². The minimum atomic E-state index is -0.00505. The smallest absolute Gasteiger partial charge is 0.259 e. The monoisotopic (exact) mass is 428 g/mol. The van der Waals surface area contributed by atoms with E-state index in [1.54, 1.807) is 23.1 Å². The molecular weight excluding hydrogens is 404 g/mol. The minimum absolute atomic E-state index is 0. The molecule has 0 spiro atoms. The van der Waals surface area contributed by atoms with E-state index in [2.05, 4.69) is 15.3 Å². The number of fused-ring (bicyclic) bond motifs is 3. The first-order chi connectivity index (χ1) is 12.6. The summed E-state index contributed by atoms with van der Waals surface area (Å²) in [5.41, 5.74) is 1.21. The summed E-state index contributed by atoms with van der Waals surface area (Å²) in [6.07, 6.45) is 4.78. The second-order valence-corrected chi connectivity index (χ2v) is 9.19. The number of carbonyl (C=O) groups is 1. The Hall–Kier alpha value is -1.09. The number of aryl methyl sites for hydroxylation is 2. The van der Waals surface area contributed by atoms with E-state index in [0.717, 1.165) is 54.7 Å². The summed E-state index contributed by atoms with van der Waals surface area (Å²) in [7, 11) is 1.90. The van der Waals surface area contributed by atoms with Gasteiger partial charge in [-0.05, 0) is 37.8 Å². The Morgan fingerprint density at radius 3 is 3.04 bits per heavy atom. The molecule has 1 saturated heterocycles. The lowest BCUT2D eigenvalue weighted by Crippen LogP contribution is -2.38. The van der Waals surface area contributed by atoms with Gasteiger partial charge in [-0.15, -0.1) is 23.7 Å². The molecule has 1 amide bonds. The average molecular weight is 429 g/mol. The third kappa shape index (κ3) is 4.34. The van der Waals surface area contributed by atoms with Gasteiger partial charge in [0.05, 0.1) is 11.1 Å². The maximum absolute atomic E-state index is 12.4. The van der Waals surface area contributed by atoms with Crippen molar-refractivity contribution in [3.8, 4) is 0 Å². The molecule has 9 heteroatoms. The van der Waals surface area contributed by atoms with E-state index in [0.29, 0.717) is 24.0 Å². The molecule has 27 heavy (non-hydrogen) atoms. The van der Waals surface area contributed by atoms with Gasteiger partial charge in [0.25, 0.3) is 5.56 Å². The van der Waals surface area contributed by atoms with E-state index in [1.165, 1.54) is 10.4 Å². The Morgan fingerprint density at radius 2 is 2.26 bits per heavy atom. The van der Waals surface area contributed by atoms with Gasteiger partial charge in [-0.25, -0.2) is 4.98 Å². The highest BCUT2D eigenvalue weighted by Gasteiger charge is 2.23. The number of H-pyrrole nitrogens is 1. The molecule has 1 unspecified atom stereocenters. The number of thioether (sulfide) groups is 1. The molecule has 1 aliphatic heterocycles. The zero-order valence-electron chi connectivity index (χ0n) is 15.4. The number of nitrogens with one attached hydrogen (secondary N) is 2. The van der Waals surface area contributed by atoms with E-state index < -0.39 is 0 Å². The van der Waals surface area contributed by atoms with Crippen LogP contribution in [0.5, 0.6) is 0 Å². The SMILES string of the molecule is CN(C(=O)CCSCc1nc2sc3c(c2c(=O)[nH]1)CCC3)C1CCNC1.Cl. The van der Waals surface area contributed by atoms with Crippen LogP contribution in [-0.2, 0) is 23.4 Å². The van der Waals surface area contributed by atoms with Crippen LogP contribution in [-0.4, -0.2) is 52.7 Å². The van der Waals surface area contributed by atoms with Crippen LogP contribution >= 0.6 is 35.5 Å². The summed E-state index contributed by atoms with van der Waals surface area (Å²) in [5.74, 6) is 2.29. The highest BCUT2D eigenvalue weighted by Crippen LogP contribution is 2.34. The van der Waals surface area contributed by atoms with E-state index in [4.69, 9.17) is 0 Å². The Morgan fingerprint density at radius 1 is 1.41 bits per heavy atom. The molecule has 4 rings (SSSR count). The quantitative estimate of drug-likeness (QED) is 0.690.